The van der Waals surface area contributed by atoms with Crippen LogP contribution in [-0.2, 0) is 20.9 Å². The predicted molar refractivity (Wildman–Crippen MR) is 36.3 cm³/mol. The Balaban J connectivity index is 0. The molecule has 0 spiro atoms. The summed E-state index contributed by atoms with van der Waals surface area (Å²) in [7, 11) is 2.62. The third-order valence-electron chi connectivity index (χ3n) is 0.461. The summed E-state index contributed by atoms with van der Waals surface area (Å²) in [5, 5.41) is 0. The average Bonchev–Trinajstić information content (AvgIpc) is 1.68. The van der Waals surface area contributed by atoms with Crippen molar-refractivity contribution in [2.45, 2.75) is 0 Å². The summed E-state index contributed by atoms with van der Waals surface area (Å²) in [6.07, 6.45) is 0. The molecule has 6 heteroatoms. The van der Waals surface area contributed by atoms with Crippen molar-refractivity contribution in [3.05, 3.63) is 0 Å². The van der Waals surface area contributed by atoms with Gasteiger partial charge in [-0.1, -0.05) is 0 Å². The van der Waals surface area contributed by atoms with Crippen LogP contribution in [0.2, 0.25) is 0 Å². The van der Waals surface area contributed by atoms with Crippen LogP contribution in [0, 0.1) is 0 Å². The Morgan fingerprint density at radius 1 is 1.38 bits per heavy atom. The van der Waals surface area contributed by atoms with Crippen LogP contribution in [0.15, 0.2) is 0 Å². The summed E-state index contributed by atoms with van der Waals surface area (Å²) >= 11 is 4.37. The summed E-state index contributed by atoms with van der Waals surface area (Å²) in [6.45, 7) is -2.82. The molecule has 0 aromatic carbocycles. The minimum atomic E-state index is -2.82. The quantitative estimate of drug-likeness (QED) is 0.485. The normalized spacial score (nSPS) is 10.4. The van der Waals surface area contributed by atoms with Crippen molar-refractivity contribution in [1.82, 2.24) is 0 Å². The fourth-order valence-electron chi connectivity index (χ4n) is 0.0745. The van der Waals surface area contributed by atoms with Crippen LogP contribution in [0.1, 0.15) is 0 Å². The first-order valence-corrected chi connectivity index (χ1v) is 4.16. The van der Waals surface area contributed by atoms with Crippen molar-refractivity contribution in [2.75, 3.05) is 14.2 Å². The smallest absolute Gasteiger partial charge is 0.323 e. The van der Waals surface area contributed by atoms with Crippen LogP contribution in [0.4, 0.5) is 0 Å². The van der Waals surface area contributed by atoms with E-state index in [1.54, 1.807) is 0 Å². The molecular formula is C2H7KO3PS. The molecule has 0 heterocycles. The summed E-state index contributed by atoms with van der Waals surface area (Å²) < 4.78 is 8.69. The maximum absolute atomic E-state index is 8.61. The molecular weight excluding hydrogens is 174 g/mol. The molecule has 1 radical (unpaired) electrons. The summed E-state index contributed by atoms with van der Waals surface area (Å²) in [4.78, 5) is 8.61. The topological polar surface area (TPSA) is 38.7 Å². The molecule has 1 N–H and O–H groups in total. The molecule has 0 aliphatic heterocycles. The zero-order valence-corrected chi connectivity index (χ0v) is 9.95. The Labute approximate surface area is 96.4 Å². The minimum absolute atomic E-state index is 0. The van der Waals surface area contributed by atoms with Gasteiger partial charge in [-0.3, -0.25) is 0 Å². The van der Waals surface area contributed by atoms with Crippen LogP contribution in [-0.4, -0.2) is 70.5 Å². The number of rotatable bonds is 2. The van der Waals surface area contributed by atoms with Crippen LogP contribution < -0.4 is 0 Å². The first kappa shape index (κ1) is 12.8. The maximum Gasteiger partial charge on any atom is 0.323 e. The molecule has 3 nitrogen and oxygen atoms in total. The fraction of sp³-hybridized carbons (Fsp3) is 1.00. The second kappa shape index (κ2) is 5.91. The Morgan fingerprint density at radius 3 is 1.62 bits per heavy atom. The van der Waals surface area contributed by atoms with E-state index in [1.807, 2.05) is 0 Å². The van der Waals surface area contributed by atoms with E-state index >= 15 is 0 Å². The van der Waals surface area contributed by atoms with Crippen LogP contribution in [0.25, 0.3) is 0 Å². The molecule has 0 fully saturated rings. The van der Waals surface area contributed by atoms with Gasteiger partial charge in [0.15, 0.2) is 0 Å². The van der Waals surface area contributed by atoms with Crippen molar-refractivity contribution in [2.24, 2.45) is 0 Å². The second-order valence-electron chi connectivity index (χ2n) is 0.834. The molecule has 0 saturated carbocycles. The summed E-state index contributed by atoms with van der Waals surface area (Å²) in [6, 6.07) is 0. The Morgan fingerprint density at radius 2 is 1.62 bits per heavy atom. The minimum Gasteiger partial charge on any atom is -0.324 e. The van der Waals surface area contributed by atoms with E-state index in [9.17, 15) is 0 Å². The maximum atomic E-state index is 8.61. The summed E-state index contributed by atoms with van der Waals surface area (Å²) in [5.41, 5.74) is 0. The van der Waals surface area contributed by atoms with E-state index in [-0.39, 0.29) is 51.4 Å². The Kier molecular flexibility index (Phi) is 9.47. The molecule has 0 bridgehead atoms. The van der Waals surface area contributed by atoms with Gasteiger partial charge in [-0.05, 0) is 11.8 Å². The standard InChI is InChI=1S/C2H7O3PS.K/c1-4-6(3,7)5-2;/h1-2H3,(H,3,7);. The number of hydrogen-bond acceptors (Lipinski definition) is 3. The zero-order chi connectivity index (χ0) is 5.91. The monoisotopic (exact) mass is 181 g/mol. The molecule has 0 aliphatic rings. The molecule has 0 saturated heterocycles. The van der Waals surface area contributed by atoms with Gasteiger partial charge in [-0.2, -0.15) is 0 Å². The van der Waals surface area contributed by atoms with Crippen LogP contribution in [0.5, 0.6) is 0 Å². The molecule has 0 aromatic heterocycles. The van der Waals surface area contributed by atoms with E-state index in [0.717, 1.165) is 0 Å². The summed E-state index contributed by atoms with van der Waals surface area (Å²) in [5.74, 6) is 0. The zero-order valence-electron chi connectivity index (χ0n) is 5.12. The first-order valence-electron chi connectivity index (χ1n) is 1.56. The van der Waals surface area contributed by atoms with Gasteiger partial charge in [0.25, 0.3) is 0 Å². The molecule has 0 amide bonds. The fourth-order valence-corrected chi connectivity index (χ4v) is 0.224. The molecule has 0 unspecified atom stereocenters. The molecule has 0 atom stereocenters. The van der Waals surface area contributed by atoms with Crippen molar-refractivity contribution < 1.29 is 13.9 Å². The van der Waals surface area contributed by atoms with Crippen molar-refractivity contribution >= 4 is 69.9 Å². The van der Waals surface area contributed by atoms with Gasteiger partial charge in [0.2, 0.25) is 0 Å². The SMILES string of the molecule is COP(O)(=S)OC.[K]. The van der Waals surface area contributed by atoms with Gasteiger partial charge in [-0.15, -0.1) is 0 Å². The molecule has 8 heavy (non-hydrogen) atoms. The van der Waals surface area contributed by atoms with Crippen LogP contribution >= 0.6 is 6.72 Å². The first-order chi connectivity index (χ1) is 3.12. The predicted octanol–water partition coefficient (Wildman–Crippen LogP) is 0.115. The molecule has 0 aromatic rings. The Hall–Kier alpha value is 2.17. The van der Waals surface area contributed by atoms with E-state index in [2.05, 4.69) is 20.9 Å². The van der Waals surface area contributed by atoms with E-state index in [0.29, 0.717) is 0 Å². The van der Waals surface area contributed by atoms with Crippen molar-refractivity contribution in [3.8, 4) is 0 Å². The van der Waals surface area contributed by atoms with Crippen LogP contribution in [0.3, 0.4) is 0 Å². The van der Waals surface area contributed by atoms with Gasteiger partial charge in [0.05, 0.1) is 0 Å². The van der Waals surface area contributed by atoms with Gasteiger partial charge in [-0.25, -0.2) is 0 Å². The van der Waals surface area contributed by atoms with E-state index in [1.165, 1.54) is 14.2 Å². The van der Waals surface area contributed by atoms with Crippen molar-refractivity contribution in [1.29, 1.82) is 0 Å². The largest absolute Gasteiger partial charge is 0.324 e. The van der Waals surface area contributed by atoms with Gasteiger partial charge < -0.3 is 13.9 Å². The Bertz CT molecular complexity index is 89.3. The molecule has 0 rings (SSSR count). The number of hydrogen-bond donors (Lipinski definition) is 1. The molecule has 45 valence electrons. The van der Waals surface area contributed by atoms with E-state index < -0.39 is 6.72 Å². The van der Waals surface area contributed by atoms with Gasteiger partial charge in [0.1, 0.15) is 0 Å². The molecule has 0 aliphatic carbocycles. The van der Waals surface area contributed by atoms with Gasteiger partial charge >= 0.3 is 6.72 Å². The van der Waals surface area contributed by atoms with Gasteiger partial charge in [0, 0.05) is 65.6 Å². The average molecular weight is 181 g/mol. The van der Waals surface area contributed by atoms with Crippen molar-refractivity contribution in [3.63, 3.8) is 0 Å². The third-order valence-corrected chi connectivity index (χ3v) is 2.28. The third kappa shape index (κ3) is 6.29. The second-order valence-corrected chi connectivity index (χ2v) is 3.89. The van der Waals surface area contributed by atoms with E-state index in [4.69, 9.17) is 4.89 Å².